The van der Waals surface area contributed by atoms with Crippen molar-refractivity contribution in [2.24, 2.45) is 5.73 Å². The van der Waals surface area contributed by atoms with Gasteiger partial charge in [-0.3, -0.25) is 0 Å². The highest BCUT2D eigenvalue weighted by Gasteiger charge is 2.05. The van der Waals surface area contributed by atoms with Crippen molar-refractivity contribution in [3.8, 4) is 0 Å². The number of methoxy groups -OCH3 is 1. The van der Waals surface area contributed by atoms with Crippen molar-refractivity contribution < 1.29 is 9.53 Å². The number of hydrogen-bond acceptors (Lipinski definition) is 2. The number of nitrogens with one attached hydrogen (secondary N) is 1. The fourth-order valence-electron chi connectivity index (χ4n) is 0.664. The molecule has 10 heavy (non-hydrogen) atoms. The van der Waals surface area contributed by atoms with E-state index in [1.54, 1.807) is 7.11 Å². The molecule has 0 aliphatic rings. The average Bonchev–Trinajstić information content (AvgIpc) is 1.86. The Hall–Kier alpha value is -0.770. The van der Waals surface area contributed by atoms with Crippen LogP contribution in [0.4, 0.5) is 4.79 Å². The Kier molecular flexibility index (Phi) is 4.66. The summed E-state index contributed by atoms with van der Waals surface area (Å²) in [5.41, 5.74) is 4.89. The number of rotatable bonds is 4. The van der Waals surface area contributed by atoms with Crippen LogP contribution in [0.15, 0.2) is 0 Å². The Morgan fingerprint density at radius 2 is 2.40 bits per heavy atom. The molecule has 1 atom stereocenters. The Balaban J connectivity index is 3.49. The summed E-state index contributed by atoms with van der Waals surface area (Å²) in [6.07, 6.45) is 0.830. The second kappa shape index (κ2) is 5.05. The van der Waals surface area contributed by atoms with Crippen molar-refractivity contribution in [2.45, 2.75) is 19.4 Å². The van der Waals surface area contributed by atoms with Gasteiger partial charge in [-0.1, -0.05) is 6.92 Å². The molecule has 0 spiro atoms. The molecule has 0 rings (SSSR count). The van der Waals surface area contributed by atoms with E-state index in [0.717, 1.165) is 6.42 Å². The maximum Gasteiger partial charge on any atom is 0.312 e. The lowest BCUT2D eigenvalue weighted by atomic mass is 10.2. The van der Waals surface area contributed by atoms with Crippen molar-refractivity contribution in [2.75, 3.05) is 13.7 Å². The van der Waals surface area contributed by atoms with Crippen molar-refractivity contribution >= 4 is 6.03 Å². The molecule has 0 saturated heterocycles. The number of carbonyl (C=O) groups excluding carboxylic acids is 1. The summed E-state index contributed by atoms with van der Waals surface area (Å²) < 4.78 is 4.83. The minimum Gasteiger partial charge on any atom is -0.383 e. The molecule has 1 unspecified atom stereocenters. The van der Waals surface area contributed by atoms with Crippen molar-refractivity contribution in [3.63, 3.8) is 0 Å². The summed E-state index contributed by atoms with van der Waals surface area (Å²) in [7, 11) is 1.59. The van der Waals surface area contributed by atoms with Crippen LogP contribution in [0.3, 0.4) is 0 Å². The zero-order valence-corrected chi connectivity index (χ0v) is 6.39. The lowest BCUT2D eigenvalue weighted by molar-refractivity contribution is 0.165. The first-order chi connectivity index (χ1) is 4.70. The lowest BCUT2D eigenvalue weighted by Crippen LogP contribution is -2.40. The first kappa shape index (κ1) is 9.23. The second-order valence-corrected chi connectivity index (χ2v) is 2.07. The van der Waals surface area contributed by atoms with E-state index in [4.69, 9.17) is 10.5 Å². The topological polar surface area (TPSA) is 64.3 Å². The smallest absolute Gasteiger partial charge is 0.312 e. The fraction of sp³-hybridized carbons (Fsp3) is 0.833. The fourth-order valence-corrected chi connectivity index (χ4v) is 0.664. The van der Waals surface area contributed by atoms with Crippen LogP contribution in [-0.2, 0) is 4.74 Å². The van der Waals surface area contributed by atoms with Crippen LogP contribution >= 0.6 is 0 Å². The van der Waals surface area contributed by atoms with Crippen LogP contribution in [-0.4, -0.2) is 25.8 Å². The van der Waals surface area contributed by atoms with Crippen LogP contribution in [0.25, 0.3) is 0 Å². The second-order valence-electron chi connectivity index (χ2n) is 2.07. The average molecular weight is 146 g/mol. The SMILES string of the molecule is CCC(COC)NC(N)=O. The Bertz CT molecular complexity index is 106. The van der Waals surface area contributed by atoms with Gasteiger partial charge < -0.3 is 15.8 Å². The van der Waals surface area contributed by atoms with Gasteiger partial charge in [0.05, 0.1) is 12.6 Å². The van der Waals surface area contributed by atoms with E-state index in [1.807, 2.05) is 6.92 Å². The third-order valence-corrected chi connectivity index (χ3v) is 1.21. The van der Waals surface area contributed by atoms with E-state index in [-0.39, 0.29) is 6.04 Å². The monoisotopic (exact) mass is 146 g/mol. The first-order valence-electron chi connectivity index (χ1n) is 3.25. The normalized spacial score (nSPS) is 12.6. The minimum absolute atomic E-state index is 0.0440. The van der Waals surface area contributed by atoms with Crippen molar-refractivity contribution in [1.82, 2.24) is 5.32 Å². The van der Waals surface area contributed by atoms with Gasteiger partial charge >= 0.3 is 6.03 Å². The van der Waals surface area contributed by atoms with Gasteiger partial charge in [-0.15, -0.1) is 0 Å². The van der Waals surface area contributed by atoms with Crippen LogP contribution in [0.2, 0.25) is 0 Å². The van der Waals surface area contributed by atoms with E-state index in [0.29, 0.717) is 6.61 Å². The summed E-state index contributed by atoms with van der Waals surface area (Å²) in [6, 6.07) is -0.452. The zero-order valence-electron chi connectivity index (χ0n) is 6.39. The molecule has 4 nitrogen and oxygen atoms in total. The third-order valence-electron chi connectivity index (χ3n) is 1.21. The molecule has 0 aromatic heterocycles. The highest BCUT2D eigenvalue weighted by atomic mass is 16.5. The van der Waals surface area contributed by atoms with Crippen LogP contribution in [0.1, 0.15) is 13.3 Å². The van der Waals surface area contributed by atoms with Gasteiger partial charge in [0.15, 0.2) is 0 Å². The van der Waals surface area contributed by atoms with Crippen molar-refractivity contribution in [1.29, 1.82) is 0 Å². The molecule has 3 N–H and O–H groups in total. The molecule has 0 fully saturated rings. The Morgan fingerprint density at radius 1 is 1.80 bits per heavy atom. The third kappa shape index (κ3) is 4.14. The Labute approximate surface area is 60.7 Å². The van der Waals surface area contributed by atoms with Crippen LogP contribution in [0.5, 0.6) is 0 Å². The Morgan fingerprint density at radius 3 is 2.70 bits per heavy atom. The van der Waals surface area contributed by atoms with Crippen LogP contribution in [0, 0.1) is 0 Å². The maximum absolute atomic E-state index is 10.3. The molecule has 60 valence electrons. The quantitative estimate of drug-likeness (QED) is 0.590. The molecule has 0 heterocycles. The molecule has 0 bridgehead atoms. The summed E-state index contributed by atoms with van der Waals surface area (Å²) in [5.74, 6) is 0. The maximum atomic E-state index is 10.3. The molecular formula is C6H14N2O2. The molecule has 4 heteroatoms. The summed E-state index contributed by atoms with van der Waals surface area (Å²) in [4.78, 5) is 10.3. The number of hydrogen-bond donors (Lipinski definition) is 2. The highest BCUT2D eigenvalue weighted by Crippen LogP contribution is 1.89. The number of ether oxygens (including phenoxy) is 1. The van der Waals surface area contributed by atoms with Gasteiger partial charge in [0.25, 0.3) is 0 Å². The van der Waals surface area contributed by atoms with Gasteiger partial charge in [0, 0.05) is 7.11 Å². The van der Waals surface area contributed by atoms with Crippen molar-refractivity contribution in [3.05, 3.63) is 0 Å². The van der Waals surface area contributed by atoms with E-state index < -0.39 is 6.03 Å². The lowest BCUT2D eigenvalue weighted by Gasteiger charge is -2.13. The van der Waals surface area contributed by atoms with Gasteiger partial charge in [-0.25, -0.2) is 4.79 Å². The summed E-state index contributed by atoms with van der Waals surface area (Å²) in [6.45, 7) is 2.47. The van der Waals surface area contributed by atoms with E-state index in [9.17, 15) is 4.79 Å². The van der Waals surface area contributed by atoms with E-state index in [2.05, 4.69) is 5.32 Å². The largest absolute Gasteiger partial charge is 0.383 e. The molecule has 0 aromatic carbocycles. The predicted octanol–water partition coefficient (Wildman–Crippen LogP) is 0.0797. The number of amides is 2. The minimum atomic E-state index is -0.496. The van der Waals surface area contributed by atoms with E-state index >= 15 is 0 Å². The van der Waals surface area contributed by atoms with Gasteiger partial charge in [-0.05, 0) is 6.42 Å². The standard InChI is InChI=1S/C6H14N2O2/c1-3-5(4-10-2)8-6(7)9/h5H,3-4H2,1-2H3,(H3,7,8,9). The van der Waals surface area contributed by atoms with Gasteiger partial charge in [0.2, 0.25) is 0 Å². The van der Waals surface area contributed by atoms with Gasteiger partial charge in [-0.2, -0.15) is 0 Å². The molecule has 0 saturated carbocycles. The molecule has 0 aliphatic carbocycles. The number of urea groups is 1. The number of nitrogens with two attached hydrogens (primary N) is 1. The highest BCUT2D eigenvalue weighted by molar-refractivity contribution is 5.71. The first-order valence-corrected chi connectivity index (χ1v) is 3.25. The number of primary amides is 1. The van der Waals surface area contributed by atoms with Crippen LogP contribution < -0.4 is 11.1 Å². The molecule has 0 radical (unpaired) electrons. The van der Waals surface area contributed by atoms with Gasteiger partial charge in [0.1, 0.15) is 0 Å². The van der Waals surface area contributed by atoms with E-state index in [1.165, 1.54) is 0 Å². The molecular weight excluding hydrogens is 132 g/mol. The molecule has 0 aromatic rings. The summed E-state index contributed by atoms with van der Waals surface area (Å²) >= 11 is 0. The predicted molar refractivity (Wildman–Crippen MR) is 38.7 cm³/mol. The molecule has 2 amide bonds. The summed E-state index contributed by atoms with van der Waals surface area (Å²) in [5, 5.41) is 2.54. The molecule has 0 aliphatic heterocycles. The zero-order chi connectivity index (χ0) is 7.98. The number of carbonyl (C=O) groups is 1.